The van der Waals surface area contributed by atoms with E-state index in [9.17, 15) is 4.79 Å². The van der Waals surface area contributed by atoms with Crippen molar-refractivity contribution in [2.45, 2.75) is 25.3 Å². The van der Waals surface area contributed by atoms with Gasteiger partial charge in [0.1, 0.15) is 5.75 Å². The molecule has 2 aromatic rings. The molecule has 0 bridgehead atoms. The number of benzene rings is 2. The quantitative estimate of drug-likeness (QED) is 0.881. The zero-order valence-corrected chi connectivity index (χ0v) is 15.1. The van der Waals surface area contributed by atoms with Crippen LogP contribution in [0.2, 0.25) is 0 Å². The number of nitrogens with one attached hydrogen (secondary N) is 2. The van der Waals surface area contributed by atoms with Gasteiger partial charge in [-0.3, -0.25) is 4.79 Å². The van der Waals surface area contributed by atoms with E-state index in [2.05, 4.69) is 22.8 Å². The van der Waals surface area contributed by atoms with Crippen LogP contribution in [-0.2, 0) is 10.3 Å². The Morgan fingerprint density at radius 1 is 1.08 bits per heavy atom. The van der Waals surface area contributed by atoms with Crippen LogP contribution in [0.4, 0.5) is 0 Å². The van der Waals surface area contributed by atoms with Crippen LogP contribution in [0.25, 0.3) is 0 Å². The molecule has 1 aliphatic heterocycles. The largest absolute Gasteiger partial charge is 0.497 e. The van der Waals surface area contributed by atoms with E-state index in [0.29, 0.717) is 6.54 Å². The maximum Gasteiger partial charge on any atom is 0.225 e. The van der Waals surface area contributed by atoms with Crippen molar-refractivity contribution in [1.82, 2.24) is 10.6 Å². The lowest BCUT2D eigenvalue weighted by molar-refractivity contribution is -0.126. The average Bonchev–Trinajstić information content (AvgIpc) is 3.12. The van der Waals surface area contributed by atoms with Crippen molar-refractivity contribution in [3.8, 4) is 5.75 Å². The Bertz CT molecular complexity index is 710. The van der Waals surface area contributed by atoms with Gasteiger partial charge in [0, 0.05) is 19.0 Å². The number of hydrogen-bond acceptors (Lipinski definition) is 3. The van der Waals surface area contributed by atoms with E-state index in [-0.39, 0.29) is 17.7 Å². The molecule has 4 nitrogen and oxygen atoms in total. The number of hydrogen-bond donors (Lipinski definition) is 2. The first-order chi connectivity index (χ1) is 12.0. The Labute approximate surface area is 149 Å². The van der Waals surface area contributed by atoms with Crippen LogP contribution >= 0.6 is 0 Å². The highest BCUT2D eigenvalue weighted by Crippen LogP contribution is 2.31. The summed E-state index contributed by atoms with van der Waals surface area (Å²) in [6.45, 7) is 5.61. The summed E-state index contributed by atoms with van der Waals surface area (Å²) in [5, 5.41) is 6.60. The SMILES string of the molecule is COc1ccc([C@@H]2CNC[C@H]2C(=O)NC(C)(C)c2ccccc2)cc1. The van der Waals surface area contributed by atoms with E-state index < -0.39 is 5.54 Å². The van der Waals surface area contributed by atoms with Gasteiger partial charge in [-0.05, 0) is 37.1 Å². The molecule has 2 atom stereocenters. The summed E-state index contributed by atoms with van der Waals surface area (Å²) >= 11 is 0. The molecule has 2 N–H and O–H groups in total. The molecule has 0 aliphatic carbocycles. The van der Waals surface area contributed by atoms with Gasteiger partial charge >= 0.3 is 0 Å². The smallest absolute Gasteiger partial charge is 0.225 e. The maximum absolute atomic E-state index is 13.0. The predicted molar refractivity (Wildman–Crippen MR) is 99.7 cm³/mol. The Hall–Kier alpha value is -2.33. The molecule has 1 saturated heterocycles. The fourth-order valence-corrected chi connectivity index (χ4v) is 3.48. The Morgan fingerprint density at radius 3 is 2.40 bits per heavy atom. The molecule has 0 saturated carbocycles. The number of carbonyl (C=O) groups excluding carboxylic acids is 1. The van der Waals surface area contributed by atoms with Crippen LogP contribution in [0.5, 0.6) is 5.75 Å². The zero-order valence-electron chi connectivity index (χ0n) is 15.1. The summed E-state index contributed by atoms with van der Waals surface area (Å²) in [5.41, 5.74) is 1.88. The summed E-state index contributed by atoms with van der Waals surface area (Å²) in [7, 11) is 1.66. The lowest BCUT2D eigenvalue weighted by Crippen LogP contribution is -2.45. The van der Waals surface area contributed by atoms with Crippen LogP contribution in [-0.4, -0.2) is 26.1 Å². The van der Waals surface area contributed by atoms with Gasteiger partial charge in [-0.15, -0.1) is 0 Å². The summed E-state index contributed by atoms with van der Waals surface area (Å²) in [6.07, 6.45) is 0. The molecule has 1 fully saturated rings. The Morgan fingerprint density at radius 2 is 1.76 bits per heavy atom. The van der Waals surface area contributed by atoms with Gasteiger partial charge in [0.2, 0.25) is 5.91 Å². The van der Waals surface area contributed by atoms with E-state index in [1.54, 1.807) is 7.11 Å². The maximum atomic E-state index is 13.0. The first-order valence-electron chi connectivity index (χ1n) is 8.73. The van der Waals surface area contributed by atoms with Crippen LogP contribution in [0.1, 0.15) is 30.9 Å². The molecule has 25 heavy (non-hydrogen) atoms. The highest BCUT2D eigenvalue weighted by atomic mass is 16.5. The molecule has 1 aliphatic rings. The van der Waals surface area contributed by atoms with E-state index >= 15 is 0 Å². The monoisotopic (exact) mass is 338 g/mol. The molecular weight excluding hydrogens is 312 g/mol. The van der Waals surface area contributed by atoms with Crippen molar-refractivity contribution < 1.29 is 9.53 Å². The molecule has 0 radical (unpaired) electrons. The molecule has 0 unspecified atom stereocenters. The van der Waals surface area contributed by atoms with Crippen molar-refractivity contribution in [3.05, 3.63) is 65.7 Å². The minimum absolute atomic E-state index is 0.0728. The average molecular weight is 338 g/mol. The second-order valence-corrected chi connectivity index (χ2v) is 7.12. The summed E-state index contributed by atoms with van der Waals surface area (Å²) < 4.78 is 5.23. The van der Waals surface area contributed by atoms with Crippen molar-refractivity contribution in [2.75, 3.05) is 20.2 Å². The number of methoxy groups -OCH3 is 1. The van der Waals surface area contributed by atoms with Gasteiger partial charge in [-0.2, -0.15) is 0 Å². The number of carbonyl (C=O) groups is 1. The van der Waals surface area contributed by atoms with Gasteiger partial charge in [0.15, 0.2) is 0 Å². The first kappa shape index (κ1) is 17.5. The van der Waals surface area contributed by atoms with E-state index in [1.807, 2.05) is 56.3 Å². The molecule has 0 spiro atoms. The summed E-state index contributed by atoms with van der Waals surface area (Å²) in [6, 6.07) is 18.1. The number of ether oxygens (including phenoxy) is 1. The fraction of sp³-hybridized carbons (Fsp3) is 0.381. The summed E-state index contributed by atoms with van der Waals surface area (Å²) in [4.78, 5) is 13.0. The second-order valence-electron chi connectivity index (χ2n) is 7.12. The van der Waals surface area contributed by atoms with Gasteiger partial charge in [-0.25, -0.2) is 0 Å². The van der Waals surface area contributed by atoms with Gasteiger partial charge in [0.25, 0.3) is 0 Å². The van der Waals surface area contributed by atoms with Crippen molar-refractivity contribution in [1.29, 1.82) is 0 Å². The zero-order chi connectivity index (χ0) is 17.9. The Balaban J connectivity index is 1.74. The molecule has 2 aromatic carbocycles. The van der Waals surface area contributed by atoms with Crippen molar-refractivity contribution >= 4 is 5.91 Å². The van der Waals surface area contributed by atoms with Gasteiger partial charge in [-0.1, -0.05) is 42.5 Å². The second kappa shape index (κ2) is 7.28. The van der Waals surface area contributed by atoms with Crippen LogP contribution in [0.3, 0.4) is 0 Å². The lowest BCUT2D eigenvalue weighted by atomic mass is 9.86. The van der Waals surface area contributed by atoms with Crippen LogP contribution < -0.4 is 15.4 Å². The highest BCUT2D eigenvalue weighted by molar-refractivity contribution is 5.81. The van der Waals surface area contributed by atoms with E-state index in [1.165, 1.54) is 5.56 Å². The minimum Gasteiger partial charge on any atom is -0.497 e. The highest BCUT2D eigenvalue weighted by Gasteiger charge is 2.36. The predicted octanol–water partition coefficient (Wildman–Crippen LogP) is 3.05. The third-order valence-electron chi connectivity index (χ3n) is 5.03. The normalized spacial score (nSPS) is 20.3. The molecule has 1 heterocycles. The van der Waals surface area contributed by atoms with Crippen molar-refractivity contribution in [2.24, 2.45) is 5.92 Å². The third-order valence-corrected chi connectivity index (χ3v) is 5.03. The standard InChI is InChI=1S/C21H26N2O2/c1-21(2,16-7-5-4-6-8-16)23-20(24)19-14-22-13-18(19)15-9-11-17(25-3)12-10-15/h4-12,18-19,22H,13-14H2,1-3H3,(H,23,24)/t18-,19+/m0/s1. The lowest BCUT2D eigenvalue weighted by Gasteiger charge is -2.30. The van der Waals surface area contributed by atoms with Crippen LogP contribution in [0, 0.1) is 5.92 Å². The molecular formula is C21H26N2O2. The molecule has 132 valence electrons. The molecule has 1 amide bonds. The van der Waals surface area contributed by atoms with E-state index in [0.717, 1.165) is 17.9 Å². The van der Waals surface area contributed by atoms with Gasteiger partial charge < -0.3 is 15.4 Å². The third kappa shape index (κ3) is 3.85. The Kier molecular flexibility index (Phi) is 5.09. The van der Waals surface area contributed by atoms with E-state index in [4.69, 9.17) is 4.74 Å². The van der Waals surface area contributed by atoms with Crippen LogP contribution in [0.15, 0.2) is 54.6 Å². The number of rotatable bonds is 5. The number of amides is 1. The first-order valence-corrected chi connectivity index (χ1v) is 8.73. The van der Waals surface area contributed by atoms with Crippen molar-refractivity contribution in [3.63, 3.8) is 0 Å². The minimum atomic E-state index is -0.397. The molecule has 0 aromatic heterocycles. The topological polar surface area (TPSA) is 50.4 Å². The molecule has 4 heteroatoms. The fourth-order valence-electron chi connectivity index (χ4n) is 3.48. The molecule has 3 rings (SSSR count). The summed E-state index contributed by atoms with van der Waals surface area (Å²) in [5.74, 6) is 1.04. The van der Waals surface area contributed by atoms with Gasteiger partial charge in [0.05, 0.1) is 18.6 Å².